The molecule has 0 radical (unpaired) electrons. The van der Waals surface area contributed by atoms with Gasteiger partial charge in [-0.3, -0.25) is 9.82 Å². The molecule has 0 fully saturated rings. The normalized spacial score (nSPS) is 11.5. The third-order valence-corrected chi connectivity index (χ3v) is 4.37. The van der Waals surface area contributed by atoms with Crippen molar-refractivity contribution in [1.82, 2.24) is 10.2 Å². The lowest BCUT2D eigenvalue weighted by Crippen LogP contribution is -2.14. The minimum absolute atomic E-state index is 0.156. The Morgan fingerprint density at radius 2 is 2.05 bits per heavy atom. The van der Waals surface area contributed by atoms with Gasteiger partial charge in [0.2, 0.25) is 0 Å². The number of nitrogens with zero attached hydrogens (tertiary/aromatic N) is 1. The molecule has 0 aliphatic carbocycles. The van der Waals surface area contributed by atoms with E-state index in [4.69, 9.17) is 0 Å². The van der Waals surface area contributed by atoms with Crippen molar-refractivity contribution in [1.29, 1.82) is 0 Å². The first-order chi connectivity index (χ1) is 8.94. The maximum absolute atomic E-state index is 12.3. The van der Waals surface area contributed by atoms with E-state index in [2.05, 4.69) is 14.9 Å². The van der Waals surface area contributed by atoms with Gasteiger partial charge in [-0.05, 0) is 36.6 Å². The van der Waals surface area contributed by atoms with E-state index in [1.807, 2.05) is 6.92 Å². The van der Waals surface area contributed by atoms with Crippen LogP contribution >= 0.6 is 0 Å². The highest BCUT2D eigenvalue weighted by Gasteiger charge is 2.18. The van der Waals surface area contributed by atoms with Gasteiger partial charge in [0.05, 0.1) is 23.4 Å². The van der Waals surface area contributed by atoms with Crippen LogP contribution in [0.15, 0.2) is 29.4 Å². The van der Waals surface area contributed by atoms with Crippen LogP contribution in [0.3, 0.4) is 0 Å². The van der Waals surface area contributed by atoms with E-state index in [1.165, 1.54) is 18.5 Å². The fourth-order valence-corrected chi connectivity index (χ4v) is 3.16. The van der Waals surface area contributed by atoms with Crippen molar-refractivity contribution >= 4 is 15.7 Å². The molecule has 0 aliphatic rings. The number of aliphatic hydroxyl groups is 1. The lowest BCUT2D eigenvalue weighted by Gasteiger charge is -2.12. The summed E-state index contributed by atoms with van der Waals surface area (Å²) in [6.45, 7) is 3.36. The third kappa shape index (κ3) is 2.77. The fourth-order valence-electron chi connectivity index (χ4n) is 1.85. The summed E-state index contributed by atoms with van der Waals surface area (Å²) in [5, 5.41) is 15.4. The Morgan fingerprint density at radius 1 is 1.32 bits per heavy atom. The van der Waals surface area contributed by atoms with Gasteiger partial charge in [0, 0.05) is 6.20 Å². The average Bonchev–Trinajstić information content (AvgIpc) is 2.80. The van der Waals surface area contributed by atoms with E-state index in [-0.39, 0.29) is 11.5 Å². The van der Waals surface area contributed by atoms with E-state index in [0.29, 0.717) is 16.8 Å². The number of rotatable bonds is 4. The van der Waals surface area contributed by atoms with Crippen LogP contribution in [0.1, 0.15) is 16.7 Å². The van der Waals surface area contributed by atoms with Crippen molar-refractivity contribution < 1.29 is 13.5 Å². The van der Waals surface area contributed by atoms with Crippen molar-refractivity contribution in [3.8, 4) is 0 Å². The molecule has 7 heteroatoms. The number of benzene rings is 1. The fraction of sp³-hybridized carbons (Fsp3) is 0.250. The third-order valence-electron chi connectivity index (χ3n) is 2.84. The van der Waals surface area contributed by atoms with Gasteiger partial charge in [0.1, 0.15) is 0 Å². The summed E-state index contributed by atoms with van der Waals surface area (Å²) in [5.74, 6) is 0. The number of sulfonamides is 1. The molecule has 0 saturated heterocycles. The minimum Gasteiger partial charge on any atom is -0.392 e. The van der Waals surface area contributed by atoms with Gasteiger partial charge in [-0.15, -0.1) is 0 Å². The lowest BCUT2D eigenvalue weighted by atomic mass is 10.1. The monoisotopic (exact) mass is 281 g/mol. The summed E-state index contributed by atoms with van der Waals surface area (Å²) in [5.41, 5.74) is 2.46. The average molecular weight is 281 g/mol. The van der Waals surface area contributed by atoms with Crippen molar-refractivity contribution in [2.45, 2.75) is 25.3 Å². The largest absolute Gasteiger partial charge is 0.392 e. The van der Waals surface area contributed by atoms with Crippen LogP contribution in [0.4, 0.5) is 5.69 Å². The highest BCUT2D eigenvalue weighted by Crippen LogP contribution is 2.22. The van der Waals surface area contributed by atoms with Crippen molar-refractivity contribution in [2.75, 3.05) is 4.72 Å². The Kier molecular flexibility index (Phi) is 3.59. The molecule has 0 saturated carbocycles. The number of aromatic amines is 1. The first kappa shape index (κ1) is 13.6. The summed E-state index contributed by atoms with van der Waals surface area (Å²) in [6.07, 6.45) is 2.84. The van der Waals surface area contributed by atoms with Gasteiger partial charge < -0.3 is 5.11 Å². The van der Waals surface area contributed by atoms with Crippen LogP contribution in [0.25, 0.3) is 0 Å². The Morgan fingerprint density at radius 3 is 2.63 bits per heavy atom. The number of anilines is 1. The summed E-state index contributed by atoms with van der Waals surface area (Å²) in [6, 6.07) is 3.24. The second-order valence-corrected chi connectivity index (χ2v) is 5.95. The maximum atomic E-state index is 12.3. The molecular formula is C12H15N3O3S. The summed E-state index contributed by atoms with van der Waals surface area (Å²) < 4.78 is 27.0. The van der Waals surface area contributed by atoms with Gasteiger partial charge in [0.25, 0.3) is 10.0 Å². The zero-order valence-corrected chi connectivity index (χ0v) is 11.5. The molecule has 102 valence electrons. The van der Waals surface area contributed by atoms with Gasteiger partial charge >= 0.3 is 0 Å². The first-order valence-corrected chi connectivity index (χ1v) is 7.15. The molecule has 1 heterocycles. The topological polar surface area (TPSA) is 95.1 Å². The predicted octanol–water partition coefficient (Wildman–Crippen LogP) is 1.32. The van der Waals surface area contributed by atoms with E-state index >= 15 is 0 Å². The number of hydrogen-bond donors (Lipinski definition) is 3. The minimum atomic E-state index is -3.68. The van der Waals surface area contributed by atoms with Crippen LogP contribution < -0.4 is 4.72 Å². The molecule has 0 bridgehead atoms. The summed E-state index contributed by atoms with van der Waals surface area (Å²) >= 11 is 0. The Labute approximate surface area is 111 Å². The highest BCUT2D eigenvalue weighted by atomic mass is 32.2. The number of aliphatic hydroxyl groups excluding tert-OH is 1. The highest BCUT2D eigenvalue weighted by molar-refractivity contribution is 7.92. The van der Waals surface area contributed by atoms with Crippen LogP contribution in [-0.4, -0.2) is 23.7 Å². The molecule has 3 N–H and O–H groups in total. The van der Waals surface area contributed by atoms with Crippen molar-refractivity contribution in [3.05, 3.63) is 41.2 Å². The summed E-state index contributed by atoms with van der Waals surface area (Å²) in [4.78, 5) is 0.156. The molecule has 0 aliphatic heterocycles. The second kappa shape index (κ2) is 5.02. The molecule has 2 rings (SSSR count). The van der Waals surface area contributed by atoms with E-state index < -0.39 is 10.0 Å². The Bertz CT molecular complexity index is 678. The number of aromatic nitrogens is 2. The second-order valence-electron chi connectivity index (χ2n) is 4.29. The van der Waals surface area contributed by atoms with Crippen molar-refractivity contribution in [2.24, 2.45) is 0 Å². The predicted molar refractivity (Wildman–Crippen MR) is 71.2 cm³/mol. The number of nitrogens with one attached hydrogen (secondary N) is 2. The lowest BCUT2D eigenvalue weighted by molar-refractivity contribution is 0.280. The van der Waals surface area contributed by atoms with Gasteiger partial charge in [-0.1, -0.05) is 6.07 Å². The van der Waals surface area contributed by atoms with E-state index in [1.54, 1.807) is 13.0 Å². The first-order valence-electron chi connectivity index (χ1n) is 5.66. The number of hydrogen-bond acceptors (Lipinski definition) is 4. The van der Waals surface area contributed by atoms with E-state index in [0.717, 1.165) is 5.56 Å². The smallest absolute Gasteiger partial charge is 0.262 e. The van der Waals surface area contributed by atoms with Crippen LogP contribution in [-0.2, 0) is 16.6 Å². The Hall–Kier alpha value is -1.86. The molecule has 1 aromatic heterocycles. The summed E-state index contributed by atoms with van der Waals surface area (Å²) in [7, 11) is -3.68. The SMILES string of the molecule is Cc1cc(C)c(S(=O)(=O)Nc2cn[nH]c2)cc1CO. The molecule has 1 aromatic carbocycles. The van der Waals surface area contributed by atoms with Crippen LogP contribution in [0.2, 0.25) is 0 Å². The zero-order chi connectivity index (χ0) is 14.0. The van der Waals surface area contributed by atoms with Crippen LogP contribution in [0, 0.1) is 13.8 Å². The molecule has 2 aromatic rings. The van der Waals surface area contributed by atoms with Gasteiger partial charge in [-0.25, -0.2) is 8.42 Å². The number of aryl methyl sites for hydroxylation is 2. The number of H-pyrrole nitrogens is 1. The van der Waals surface area contributed by atoms with Crippen LogP contribution in [0.5, 0.6) is 0 Å². The van der Waals surface area contributed by atoms with Gasteiger partial charge in [-0.2, -0.15) is 5.10 Å². The van der Waals surface area contributed by atoms with E-state index in [9.17, 15) is 13.5 Å². The molecule has 0 spiro atoms. The Balaban J connectivity index is 2.45. The molecular weight excluding hydrogens is 266 g/mol. The molecule has 0 unspecified atom stereocenters. The molecule has 0 atom stereocenters. The maximum Gasteiger partial charge on any atom is 0.262 e. The van der Waals surface area contributed by atoms with Crippen molar-refractivity contribution in [3.63, 3.8) is 0 Å². The quantitative estimate of drug-likeness (QED) is 0.787. The zero-order valence-electron chi connectivity index (χ0n) is 10.6. The van der Waals surface area contributed by atoms with Gasteiger partial charge in [0.15, 0.2) is 0 Å². The molecule has 6 nitrogen and oxygen atoms in total. The standard InChI is InChI=1S/C12H15N3O3S/c1-8-3-9(2)12(4-10(8)7-16)19(17,18)15-11-5-13-14-6-11/h3-6,15-16H,7H2,1-2H3,(H,13,14). The molecule has 0 amide bonds. The molecule has 19 heavy (non-hydrogen) atoms.